The number of halogens is 1. The maximum atomic E-state index is 6.64. The molecule has 22 rings (SSSR count). The summed E-state index contributed by atoms with van der Waals surface area (Å²) in [4.78, 5) is 2.45. The lowest BCUT2D eigenvalue weighted by Crippen LogP contribution is -2.32. The topological polar surface area (TPSA) is 21.7 Å². The summed E-state index contributed by atoms with van der Waals surface area (Å²) in [7, 11) is 0. The zero-order valence-electron chi connectivity index (χ0n) is 61.1. The summed E-state index contributed by atoms with van der Waals surface area (Å²) in [6.07, 6.45) is 0.967. The molecule has 0 bridgehead atoms. The Balaban J connectivity index is 0.000000119. The molecule has 4 heteroatoms. The summed E-state index contributed by atoms with van der Waals surface area (Å²) in [6, 6.07) is 137. The van der Waals surface area contributed by atoms with E-state index in [9.17, 15) is 0 Å². The minimum absolute atomic E-state index is 0.0686. The molecule has 3 nitrogen and oxygen atoms in total. The van der Waals surface area contributed by atoms with Gasteiger partial charge in [-0.05, 0) is 202 Å². The van der Waals surface area contributed by atoms with Gasteiger partial charge in [-0.2, -0.15) is 0 Å². The lowest BCUT2D eigenvalue weighted by molar-refractivity contribution is 0.436. The van der Waals surface area contributed by atoms with Crippen molar-refractivity contribution in [1.29, 1.82) is 0 Å². The number of rotatable bonds is 7. The Bertz CT molecular complexity index is 6200. The van der Waals surface area contributed by atoms with Gasteiger partial charge in [0.2, 0.25) is 0 Å². The molecular formula is C105H76BrNO2. The van der Waals surface area contributed by atoms with Crippen LogP contribution in [0.5, 0.6) is 23.0 Å². The number of benzene rings is 16. The number of anilines is 3. The Morgan fingerprint density at radius 1 is 0.229 bits per heavy atom. The van der Waals surface area contributed by atoms with Crippen LogP contribution in [0, 0.1) is 0 Å². The van der Waals surface area contributed by atoms with E-state index in [2.05, 4.69) is 413 Å². The molecule has 0 fully saturated rings. The first-order valence-corrected chi connectivity index (χ1v) is 38.7. The SMILES string of the molecule is Brc1ccc2c(c1)C1(c3ccccc3Oc3ccccc31)c1ccccc1-2.CC1(C)c2ccccc2-c2ccc(Cc3ccc(-c4ccccc4)cc3)cc21.CC1(C)c2ccccc2-c2ccc(N(c3ccc(-c4ccccc4)cc3)c3ccc4c(c3)C3(c5ccccc5Oc5ccccc53)c3ccccc3-4)cc21. The Morgan fingerprint density at radius 3 is 0.972 bits per heavy atom. The fourth-order valence-electron chi connectivity index (χ4n) is 19.1. The highest BCUT2D eigenvalue weighted by Crippen LogP contribution is 2.65. The van der Waals surface area contributed by atoms with Crippen LogP contribution in [0.25, 0.3) is 66.8 Å². The average molecular weight is 1460 g/mol. The van der Waals surface area contributed by atoms with Crippen molar-refractivity contribution in [3.05, 3.63) is 458 Å². The number of hydrogen-bond donors (Lipinski definition) is 0. The van der Waals surface area contributed by atoms with Gasteiger partial charge in [0.15, 0.2) is 0 Å². The molecule has 16 aromatic carbocycles. The third kappa shape index (κ3) is 10.4. The Labute approximate surface area is 646 Å². The molecule has 0 saturated heterocycles. The van der Waals surface area contributed by atoms with E-state index in [0.717, 1.165) is 51.0 Å². The molecule has 109 heavy (non-hydrogen) atoms. The van der Waals surface area contributed by atoms with Gasteiger partial charge in [-0.3, -0.25) is 0 Å². The van der Waals surface area contributed by atoms with Gasteiger partial charge in [-0.15, -0.1) is 0 Å². The standard InChI is InChI=1S/C52H37NO.C28H24.C25H15BrO/c1-51(2)43-18-8-6-16-39(43)41-30-28-37(32-47(41)51)53(36-26-24-35(25-27-36)34-14-4-3-5-15-34)38-29-31-42-40-17-7-9-19-44(40)52(48(42)33-38)45-20-10-12-22-49(45)54-50-23-13-11-21-46(50)52;1-28(2)26-11-7-6-10-24(26)25-17-14-21(19-27(25)28)18-20-12-15-23(16-13-20)22-8-4-3-5-9-22;26-16-13-14-18-17-7-1-2-8-19(17)25(22(18)15-16)20-9-3-5-11-23(20)27-24-12-6-4-10-21(24)25/h3-33H,1-2H3;3-17,19H,18H2,1-2H3;1-15H. The second-order valence-corrected chi connectivity index (χ2v) is 31.6. The van der Waals surface area contributed by atoms with Crippen molar-refractivity contribution in [1.82, 2.24) is 0 Å². The van der Waals surface area contributed by atoms with Gasteiger partial charge in [0.25, 0.3) is 0 Å². The summed E-state index contributed by atoms with van der Waals surface area (Å²) in [5, 5.41) is 0. The van der Waals surface area contributed by atoms with Crippen molar-refractivity contribution in [2.75, 3.05) is 4.90 Å². The molecule has 4 aliphatic carbocycles. The van der Waals surface area contributed by atoms with Crippen molar-refractivity contribution >= 4 is 33.0 Å². The van der Waals surface area contributed by atoms with Gasteiger partial charge in [0.1, 0.15) is 23.0 Å². The maximum absolute atomic E-state index is 6.64. The molecule has 2 aliphatic heterocycles. The number of hydrogen-bond acceptors (Lipinski definition) is 3. The molecule has 6 aliphatic rings. The van der Waals surface area contributed by atoms with Gasteiger partial charge in [0, 0.05) is 54.6 Å². The number of para-hydroxylation sites is 4. The molecule has 0 N–H and O–H groups in total. The van der Waals surface area contributed by atoms with Crippen LogP contribution in [0.15, 0.2) is 381 Å². The fraction of sp³-hybridized carbons (Fsp3) is 0.0857. The van der Waals surface area contributed by atoms with Crippen molar-refractivity contribution in [2.24, 2.45) is 0 Å². The van der Waals surface area contributed by atoms with Crippen LogP contribution < -0.4 is 14.4 Å². The molecule has 16 aromatic rings. The summed E-state index contributed by atoms with van der Waals surface area (Å²) < 4.78 is 14.0. The second-order valence-electron chi connectivity index (χ2n) is 30.6. The van der Waals surface area contributed by atoms with E-state index in [1.54, 1.807) is 0 Å². The van der Waals surface area contributed by atoms with E-state index in [1.165, 1.54) is 145 Å². The van der Waals surface area contributed by atoms with E-state index < -0.39 is 5.41 Å². The molecule has 520 valence electrons. The van der Waals surface area contributed by atoms with Crippen molar-refractivity contribution in [3.8, 4) is 89.8 Å². The van der Waals surface area contributed by atoms with Gasteiger partial charge in [-0.1, -0.05) is 347 Å². The highest BCUT2D eigenvalue weighted by Gasteiger charge is 2.53. The zero-order valence-corrected chi connectivity index (χ0v) is 62.7. The summed E-state index contributed by atoms with van der Waals surface area (Å²) in [6.45, 7) is 9.40. The molecular weight excluding hydrogens is 1390 g/mol. The van der Waals surface area contributed by atoms with E-state index in [0.29, 0.717) is 0 Å². The van der Waals surface area contributed by atoms with Gasteiger partial charge >= 0.3 is 0 Å². The Hall–Kier alpha value is -12.6. The molecule has 0 saturated carbocycles. The van der Waals surface area contributed by atoms with Crippen LogP contribution in [-0.2, 0) is 28.1 Å². The van der Waals surface area contributed by atoms with Crippen molar-refractivity contribution in [2.45, 2.75) is 55.8 Å². The Morgan fingerprint density at radius 2 is 0.523 bits per heavy atom. The molecule has 0 radical (unpaired) electrons. The van der Waals surface area contributed by atoms with Crippen LogP contribution in [0.3, 0.4) is 0 Å². The first-order valence-electron chi connectivity index (χ1n) is 37.9. The predicted molar refractivity (Wildman–Crippen MR) is 452 cm³/mol. The van der Waals surface area contributed by atoms with Crippen LogP contribution in [0.1, 0.15) is 106 Å². The van der Waals surface area contributed by atoms with Gasteiger partial charge in [0.05, 0.1) is 10.8 Å². The molecule has 2 heterocycles. The van der Waals surface area contributed by atoms with Gasteiger partial charge < -0.3 is 14.4 Å². The van der Waals surface area contributed by atoms with Crippen LogP contribution in [0.4, 0.5) is 17.1 Å². The fourth-order valence-corrected chi connectivity index (χ4v) is 19.4. The van der Waals surface area contributed by atoms with E-state index in [-0.39, 0.29) is 16.2 Å². The minimum Gasteiger partial charge on any atom is -0.457 e. The van der Waals surface area contributed by atoms with Gasteiger partial charge in [-0.25, -0.2) is 0 Å². The van der Waals surface area contributed by atoms with E-state index >= 15 is 0 Å². The summed E-state index contributed by atoms with van der Waals surface area (Å²) in [5.41, 5.74) is 36.2. The second kappa shape index (κ2) is 25.8. The lowest BCUT2D eigenvalue weighted by atomic mass is 9.66. The lowest BCUT2D eigenvalue weighted by Gasteiger charge is -2.39. The maximum Gasteiger partial charge on any atom is 0.132 e. The molecule has 2 spiro atoms. The third-order valence-corrected chi connectivity index (χ3v) is 24.6. The van der Waals surface area contributed by atoms with Crippen LogP contribution in [-0.4, -0.2) is 0 Å². The molecule has 0 unspecified atom stereocenters. The predicted octanol–water partition coefficient (Wildman–Crippen LogP) is 27.8. The van der Waals surface area contributed by atoms with Crippen molar-refractivity contribution in [3.63, 3.8) is 0 Å². The van der Waals surface area contributed by atoms with E-state index in [4.69, 9.17) is 9.47 Å². The average Bonchev–Trinajstić information content (AvgIpc) is 1.55. The molecule has 0 atom stereocenters. The monoisotopic (exact) mass is 1460 g/mol. The highest BCUT2D eigenvalue weighted by molar-refractivity contribution is 9.10. The normalized spacial score (nSPS) is 14.4. The zero-order chi connectivity index (χ0) is 73.2. The Kier molecular flexibility index (Phi) is 15.6. The number of nitrogens with zero attached hydrogens (tertiary/aromatic N) is 1. The number of ether oxygens (including phenoxy) is 2. The van der Waals surface area contributed by atoms with Crippen LogP contribution >= 0.6 is 15.9 Å². The quantitative estimate of drug-likeness (QED) is 0.159. The first-order chi connectivity index (χ1) is 53.5. The minimum atomic E-state index is -0.544. The molecule has 0 aromatic heterocycles. The number of fused-ring (bicyclic) bond motifs is 24. The first kappa shape index (κ1) is 65.9. The highest BCUT2D eigenvalue weighted by atomic mass is 79.9. The summed E-state index contributed by atoms with van der Waals surface area (Å²) in [5.74, 6) is 3.66. The third-order valence-electron chi connectivity index (χ3n) is 24.1. The largest absolute Gasteiger partial charge is 0.457 e. The smallest absolute Gasteiger partial charge is 0.132 e. The van der Waals surface area contributed by atoms with Crippen molar-refractivity contribution < 1.29 is 9.47 Å². The summed E-state index contributed by atoms with van der Waals surface area (Å²) >= 11 is 3.71. The van der Waals surface area contributed by atoms with E-state index in [1.807, 2.05) is 12.1 Å². The molecule has 0 amide bonds. The van der Waals surface area contributed by atoms with Crippen LogP contribution in [0.2, 0.25) is 0 Å².